The molecule has 1 saturated heterocycles. The summed E-state index contributed by atoms with van der Waals surface area (Å²) in [5.74, 6) is 2.47. The van der Waals surface area contributed by atoms with Crippen molar-refractivity contribution in [3.05, 3.63) is 0 Å². The molecule has 0 radical (unpaired) electrons. The van der Waals surface area contributed by atoms with Crippen LogP contribution in [0.3, 0.4) is 0 Å². The molecule has 24 heavy (non-hydrogen) atoms. The van der Waals surface area contributed by atoms with E-state index in [4.69, 9.17) is 11.2 Å². The fourth-order valence-corrected chi connectivity index (χ4v) is 3.53. The Morgan fingerprint density at radius 3 is 1.92 bits per heavy atom. The van der Waals surface area contributed by atoms with Gasteiger partial charge in [-0.05, 0) is 19.3 Å². The highest BCUT2D eigenvalue weighted by Crippen LogP contribution is 2.27. The van der Waals surface area contributed by atoms with Gasteiger partial charge in [0.1, 0.15) is 0 Å². The lowest BCUT2D eigenvalue weighted by atomic mass is 10.0. The molecule has 0 aromatic heterocycles. The monoisotopic (exact) mass is 338 g/mol. The number of aliphatic hydroxyl groups excluding tert-OH is 2. The number of hydrogen-bond donors (Lipinski definition) is 2. The summed E-state index contributed by atoms with van der Waals surface area (Å²) in [6.07, 6.45) is 19.7. The van der Waals surface area contributed by atoms with Gasteiger partial charge >= 0.3 is 0 Å². The van der Waals surface area contributed by atoms with E-state index in [0.717, 1.165) is 25.7 Å². The van der Waals surface area contributed by atoms with Gasteiger partial charge in [0.05, 0.1) is 24.4 Å². The van der Waals surface area contributed by atoms with Gasteiger partial charge in [0.25, 0.3) is 0 Å². The molecule has 0 amide bonds. The molecule has 3 heteroatoms. The first-order chi connectivity index (χ1) is 11.7. The smallest absolute Gasteiger partial charge is 0.0910 e. The minimum atomic E-state index is -0.593. The average molecular weight is 339 g/mol. The summed E-state index contributed by atoms with van der Waals surface area (Å²) in [6, 6.07) is 0. The Hall–Kier alpha value is -0.560. The molecule has 1 rings (SSSR count). The first-order valence-electron chi connectivity index (χ1n) is 10.1. The zero-order valence-electron chi connectivity index (χ0n) is 15.6. The molecule has 140 valence electrons. The predicted molar refractivity (Wildman–Crippen MR) is 99.8 cm³/mol. The van der Waals surface area contributed by atoms with Crippen LogP contribution in [0.4, 0.5) is 0 Å². The van der Waals surface area contributed by atoms with Crippen LogP contribution in [0.15, 0.2) is 0 Å². The summed E-state index contributed by atoms with van der Waals surface area (Å²) in [5, 5.41) is 20.1. The van der Waals surface area contributed by atoms with Crippen LogP contribution >= 0.6 is 0 Å². The summed E-state index contributed by atoms with van der Waals surface area (Å²) in [6.45, 7) is 2.25. The van der Waals surface area contributed by atoms with Crippen molar-refractivity contribution in [1.29, 1.82) is 0 Å². The third-order valence-electron chi connectivity index (χ3n) is 5.12. The van der Waals surface area contributed by atoms with E-state index in [-0.39, 0.29) is 12.2 Å². The molecule has 1 aliphatic heterocycles. The summed E-state index contributed by atoms with van der Waals surface area (Å²) >= 11 is 0. The van der Waals surface area contributed by atoms with Crippen LogP contribution in [0.2, 0.25) is 0 Å². The molecule has 0 aromatic carbocycles. The molecule has 0 unspecified atom stereocenters. The first-order valence-corrected chi connectivity index (χ1v) is 10.1. The zero-order chi connectivity index (χ0) is 17.6. The van der Waals surface area contributed by atoms with E-state index in [1.807, 2.05) is 0 Å². The van der Waals surface area contributed by atoms with Crippen molar-refractivity contribution in [3.8, 4) is 12.3 Å². The van der Waals surface area contributed by atoms with Crippen molar-refractivity contribution in [1.82, 2.24) is 0 Å². The van der Waals surface area contributed by atoms with Crippen molar-refractivity contribution in [3.63, 3.8) is 0 Å². The fraction of sp³-hybridized carbons (Fsp3) is 0.905. The number of terminal acetylenes is 1. The van der Waals surface area contributed by atoms with Gasteiger partial charge in [-0.2, -0.15) is 0 Å². The molecule has 0 aromatic rings. The highest BCUT2D eigenvalue weighted by molar-refractivity contribution is 4.92. The van der Waals surface area contributed by atoms with Crippen LogP contribution in [0.25, 0.3) is 0 Å². The largest absolute Gasteiger partial charge is 0.390 e. The molecule has 0 aliphatic carbocycles. The van der Waals surface area contributed by atoms with Crippen LogP contribution in [0.1, 0.15) is 96.8 Å². The number of rotatable bonds is 14. The topological polar surface area (TPSA) is 49.7 Å². The molecule has 0 bridgehead atoms. The SMILES string of the molecule is C#CC[C@@H](O)[C@H]1CC[C@H]([C@H](O)CCCCCCCCCCCC)O1. The van der Waals surface area contributed by atoms with Crippen LogP contribution in [-0.4, -0.2) is 34.6 Å². The quantitative estimate of drug-likeness (QED) is 0.360. The maximum Gasteiger partial charge on any atom is 0.0910 e. The summed E-state index contributed by atoms with van der Waals surface area (Å²) in [7, 11) is 0. The number of unbranched alkanes of at least 4 members (excludes halogenated alkanes) is 9. The van der Waals surface area contributed by atoms with Crippen LogP contribution < -0.4 is 0 Å². The third kappa shape index (κ3) is 9.06. The average Bonchev–Trinajstić information content (AvgIpc) is 3.07. The Morgan fingerprint density at radius 2 is 1.38 bits per heavy atom. The maximum absolute atomic E-state index is 10.3. The van der Waals surface area contributed by atoms with Crippen LogP contribution in [0.5, 0.6) is 0 Å². The lowest BCUT2D eigenvalue weighted by Gasteiger charge is -2.21. The molecule has 0 saturated carbocycles. The molecule has 0 spiro atoms. The van der Waals surface area contributed by atoms with E-state index < -0.39 is 12.2 Å². The van der Waals surface area contributed by atoms with Crippen molar-refractivity contribution in [2.24, 2.45) is 0 Å². The van der Waals surface area contributed by atoms with Gasteiger partial charge in [-0.3, -0.25) is 0 Å². The highest BCUT2D eigenvalue weighted by atomic mass is 16.5. The molecule has 1 fully saturated rings. The Bertz CT molecular complexity index is 336. The van der Waals surface area contributed by atoms with Gasteiger partial charge in [-0.15, -0.1) is 12.3 Å². The van der Waals surface area contributed by atoms with E-state index in [0.29, 0.717) is 6.42 Å². The molecule has 3 nitrogen and oxygen atoms in total. The number of hydrogen-bond acceptors (Lipinski definition) is 3. The Kier molecular flexibility index (Phi) is 12.3. The minimum absolute atomic E-state index is 0.124. The van der Waals surface area contributed by atoms with Gasteiger partial charge in [0.15, 0.2) is 0 Å². The van der Waals surface area contributed by atoms with Gasteiger partial charge in [-0.25, -0.2) is 0 Å². The summed E-state index contributed by atoms with van der Waals surface area (Å²) in [4.78, 5) is 0. The van der Waals surface area contributed by atoms with Crippen LogP contribution in [-0.2, 0) is 4.74 Å². The first kappa shape index (κ1) is 21.5. The number of ether oxygens (including phenoxy) is 1. The maximum atomic E-state index is 10.3. The minimum Gasteiger partial charge on any atom is -0.390 e. The van der Waals surface area contributed by atoms with E-state index in [2.05, 4.69) is 12.8 Å². The van der Waals surface area contributed by atoms with E-state index in [1.54, 1.807) is 0 Å². The van der Waals surface area contributed by atoms with E-state index in [1.165, 1.54) is 57.8 Å². The molecule has 1 heterocycles. The molecular weight excluding hydrogens is 300 g/mol. The number of aliphatic hydroxyl groups is 2. The van der Waals surface area contributed by atoms with Crippen molar-refractivity contribution >= 4 is 0 Å². The standard InChI is InChI=1S/C21H38O3/c1-3-5-6-7-8-9-10-11-12-13-15-19(23)21-17-16-20(24-21)18(22)14-4-2/h2,18-23H,3,5-17H2,1H3/t18-,19-,20-,21-/m1/s1. The van der Waals surface area contributed by atoms with E-state index in [9.17, 15) is 10.2 Å². The Morgan fingerprint density at radius 1 is 0.875 bits per heavy atom. The summed E-state index contributed by atoms with van der Waals surface area (Å²) < 4.78 is 5.78. The second kappa shape index (κ2) is 13.7. The van der Waals surface area contributed by atoms with Gasteiger partial charge in [0, 0.05) is 6.42 Å². The summed E-state index contributed by atoms with van der Waals surface area (Å²) in [5.41, 5.74) is 0. The lowest BCUT2D eigenvalue weighted by Crippen LogP contribution is -2.30. The lowest BCUT2D eigenvalue weighted by molar-refractivity contribution is -0.0752. The highest BCUT2D eigenvalue weighted by Gasteiger charge is 2.33. The van der Waals surface area contributed by atoms with Gasteiger partial charge in [0.2, 0.25) is 0 Å². The van der Waals surface area contributed by atoms with Gasteiger partial charge < -0.3 is 14.9 Å². The predicted octanol–water partition coefficient (Wildman–Crippen LogP) is 4.59. The third-order valence-corrected chi connectivity index (χ3v) is 5.12. The van der Waals surface area contributed by atoms with Crippen molar-refractivity contribution in [2.45, 2.75) is 121 Å². The molecule has 2 N–H and O–H groups in total. The van der Waals surface area contributed by atoms with Crippen molar-refractivity contribution in [2.75, 3.05) is 0 Å². The van der Waals surface area contributed by atoms with Gasteiger partial charge in [-0.1, -0.05) is 71.1 Å². The fourth-order valence-electron chi connectivity index (χ4n) is 3.53. The zero-order valence-corrected chi connectivity index (χ0v) is 15.6. The molecular formula is C21H38O3. The Balaban J connectivity index is 1.97. The van der Waals surface area contributed by atoms with Crippen molar-refractivity contribution < 1.29 is 14.9 Å². The van der Waals surface area contributed by atoms with E-state index >= 15 is 0 Å². The Labute approximate surface area is 149 Å². The second-order valence-corrected chi connectivity index (χ2v) is 7.30. The molecule has 1 aliphatic rings. The molecule has 4 atom stereocenters. The second-order valence-electron chi connectivity index (χ2n) is 7.30. The van der Waals surface area contributed by atoms with Crippen LogP contribution in [0, 0.1) is 12.3 Å². The normalized spacial score (nSPS) is 23.1.